The first-order chi connectivity index (χ1) is 8.27. The maximum Gasteiger partial charge on any atom is -0.00160 e. The Kier molecular flexibility index (Phi) is 3.59. The topological polar surface area (TPSA) is 0 Å². The Labute approximate surface area is 103 Å². The molecule has 0 aliphatic rings. The van der Waals surface area contributed by atoms with E-state index in [1.165, 1.54) is 22.3 Å². The third-order valence-corrected chi connectivity index (χ3v) is 2.79. The van der Waals surface area contributed by atoms with E-state index in [2.05, 4.69) is 68.1 Å². The molecule has 0 atom stereocenters. The summed E-state index contributed by atoms with van der Waals surface area (Å²) in [5, 5.41) is 0. The van der Waals surface area contributed by atoms with Crippen molar-refractivity contribution in [1.29, 1.82) is 0 Å². The molecule has 2 aromatic rings. The zero-order valence-electron chi connectivity index (χ0n) is 10.3. The molecule has 0 aliphatic heterocycles. The lowest BCUT2D eigenvalue weighted by molar-refractivity contribution is 1.55. The molecule has 0 saturated carbocycles. The van der Waals surface area contributed by atoms with Crippen LogP contribution in [-0.4, -0.2) is 0 Å². The summed E-state index contributed by atoms with van der Waals surface area (Å²) in [6, 6.07) is 20.7. The van der Waals surface area contributed by atoms with Gasteiger partial charge >= 0.3 is 0 Å². The lowest BCUT2D eigenvalue weighted by atomic mass is 10.0. The van der Waals surface area contributed by atoms with Gasteiger partial charge in [0.15, 0.2) is 0 Å². The fourth-order valence-corrected chi connectivity index (χ4v) is 1.80. The second-order valence-electron chi connectivity index (χ2n) is 4.11. The van der Waals surface area contributed by atoms with Crippen molar-refractivity contribution in [2.45, 2.75) is 13.8 Å². The lowest BCUT2D eigenvalue weighted by Gasteiger charge is -2.00. The summed E-state index contributed by atoms with van der Waals surface area (Å²) in [4.78, 5) is 0. The maximum atomic E-state index is 3.45. The molecule has 0 aliphatic carbocycles. The minimum atomic E-state index is 1.17. The van der Waals surface area contributed by atoms with Gasteiger partial charge in [-0.15, -0.1) is 5.73 Å². The van der Waals surface area contributed by atoms with Crippen LogP contribution in [0.15, 0.2) is 66.4 Å². The van der Waals surface area contributed by atoms with Gasteiger partial charge in [-0.1, -0.05) is 60.7 Å². The average molecular weight is 220 g/mol. The van der Waals surface area contributed by atoms with Crippen LogP contribution in [0.2, 0.25) is 0 Å². The van der Waals surface area contributed by atoms with Gasteiger partial charge in [-0.3, -0.25) is 0 Å². The quantitative estimate of drug-likeness (QED) is 0.638. The van der Waals surface area contributed by atoms with Crippen LogP contribution >= 0.6 is 0 Å². The smallest absolute Gasteiger partial charge is 0.00160 e. The largest absolute Gasteiger partial charge is 0.113 e. The van der Waals surface area contributed by atoms with Crippen LogP contribution < -0.4 is 0 Å². The second-order valence-corrected chi connectivity index (χ2v) is 4.11. The van der Waals surface area contributed by atoms with E-state index in [0.29, 0.717) is 0 Å². The molecule has 0 bridgehead atoms. The summed E-state index contributed by atoms with van der Waals surface area (Å²) >= 11 is 0. The van der Waals surface area contributed by atoms with Crippen molar-refractivity contribution in [2.75, 3.05) is 0 Å². The number of allylic oxidation sites excluding steroid dienone is 1. The van der Waals surface area contributed by atoms with Gasteiger partial charge in [0.1, 0.15) is 0 Å². The van der Waals surface area contributed by atoms with Crippen LogP contribution in [0.3, 0.4) is 0 Å². The normalized spacial score (nSPS) is 9.53. The molecule has 0 amide bonds. The van der Waals surface area contributed by atoms with Gasteiger partial charge in [0.25, 0.3) is 0 Å². The van der Waals surface area contributed by atoms with E-state index in [9.17, 15) is 0 Å². The highest BCUT2D eigenvalue weighted by molar-refractivity contribution is 5.73. The summed E-state index contributed by atoms with van der Waals surface area (Å²) in [6.45, 7) is 4.20. The van der Waals surface area contributed by atoms with Crippen molar-refractivity contribution >= 4 is 11.1 Å². The Bertz CT molecular complexity index is 492. The van der Waals surface area contributed by atoms with E-state index in [-0.39, 0.29) is 0 Å². The first kappa shape index (κ1) is 11.4. The van der Waals surface area contributed by atoms with Gasteiger partial charge in [-0.25, -0.2) is 0 Å². The first-order valence-corrected chi connectivity index (χ1v) is 5.82. The van der Waals surface area contributed by atoms with E-state index >= 15 is 0 Å². The van der Waals surface area contributed by atoms with Gasteiger partial charge in [0.05, 0.1) is 0 Å². The number of benzene rings is 2. The highest BCUT2D eigenvalue weighted by Gasteiger charge is 1.95. The van der Waals surface area contributed by atoms with Crippen molar-refractivity contribution in [2.24, 2.45) is 0 Å². The summed E-state index contributed by atoms with van der Waals surface area (Å²) in [7, 11) is 0. The zero-order valence-corrected chi connectivity index (χ0v) is 10.3. The van der Waals surface area contributed by atoms with Crippen molar-refractivity contribution in [3.63, 3.8) is 0 Å². The molecule has 0 saturated heterocycles. The number of rotatable bonds is 2. The minimum absolute atomic E-state index is 1.17. The molecule has 0 nitrogen and oxygen atoms in total. The Morgan fingerprint density at radius 1 is 0.647 bits per heavy atom. The van der Waals surface area contributed by atoms with Crippen LogP contribution in [0.5, 0.6) is 0 Å². The molecule has 0 spiro atoms. The summed E-state index contributed by atoms with van der Waals surface area (Å²) < 4.78 is 0. The summed E-state index contributed by atoms with van der Waals surface area (Å²) in [5.74, 6) is 0. The standard InChI is InChI=1S/C17H16/c1-14(16-9-5-3-6-10-16)13-15(2)17-11-7-4-8-12-17/h3-12H,1-2H3. The van der Waals surface area contributed by atoms with Crippen LogP contribution in [0.1, 0.15) is 25.0 Å². The van der Waals surface area contributed by atoms with Crippen molar-refractivity contribution in [3.8, 4) is 0 Å². The van der Waals surface area contributed by atoms with Crippen LogP contribution in [0.25, 0.3) is 11.1 Å². The predicted octanol–water partition coefficient (Wildman–Crippen LogP) is 4.79. The van der Waals surface area contributed by atoms with Crippen LogP contribution in [0.4, 0.5) is 0 Å². The van der Waals surface area contributed by atoms with Crippen molar-refractivity contribution in [1.82, 2.24) is 0 Å². The van der Waals surface area contributed by atoms with Gasteiger partial charge in [-0.05, 0) is 36.1 Å². The molecule has 17 heavy (non-hydrogen) atoms. The molecule has 84 valence electrons. The van der Waals surface area contributed by atoms with E-state index in [0.717, 1.165) is 0 Å². The van der Waals surface area contributed by atoms with E-state index in [1.807, 2.05) is 12.1 Å². The Morgan fingerprint density at radius 3 is 1.35 bits per heavy atom. The van der Waals surface area contributed by atoms with Gasteiger partial charge in [0, 0.05) is 0 Å². The van der Waals surface area contributed by atoms with E-state index < -0.39 is 0 Å². The molecule has 0 aromatic heterocycles. The maximum absolute atomic E-state index is 3.45. The lowest BCUT2D eigenvalue weighted by Crippen LogP contribution is -1.79. The molecule has 0 N–H and O–H groups in total. The third-order valence-electron chi connectivity index (χ3n) is 2.79. The molecular formula is C17H16. The van der Waals surface area contributed by atoms with Gasteiger partial charge < -0.3 is 0 Å². The highest BCUT2D eigenvalue weighted by atomic mass is 14.0. The van der Waals surface area contributed by atoms with Crippen LogP contribution in [0, 0.1) is 0 Å². The molecule has 2 aromatic carbocycles. The van der Waals surface area contributed by atoms with E-state index in [1.54, 1.807) is 0 Å². The number of hydrogen-bond donors (Lipinski definition) is 0. The minimum Gasteiger partial charge on any atom is -0.113 e. The first-order valence-electron chi connectivity index (χ1n) is 5.82. The molecule has 0 unspecified atom stereocenters. The van der Waals surface area contributed by atoms with Gasteiger partial charge in [-0.2, -0.15) is 0 Å². The van der Waals surface area contributed by atoms with Crippen molar-refractivity contribution < 1.29 is 0 Å². The Morgan fingerprint density at radius 2 is 1.00 bits per heavy atom. The SMILES string of the molecule is CC(=C=C(C)c1ccccc1)c1ccccc1. The fourth-order valence-electron chi connectivity index (χ4n) is 1.80. The monoisotopic (exact) mass is 220 g/mol. The highest BCUT2D eigenvalue weighted by Crippen LogP contribution is 2.16. The third kappa shape index (κ3) is 2.96. The summed E-state index contributed by atoms with van der Waals surface area (Å²) in [5.41, 5.74) is 8.24. The van der Waals surface area contributed by atoms with Crippen molar-refractivity contribution in [3.05, 3.63) is 77.5 Å². The van der Waals surface area contributed by atoms with E-state index in [4.69, 9.17) is 0 Å². The second kappa shape index (κ2) is 5.34. The molecule has 0 heteroatoms. The molecular weight excluding hydrogens is 204 g/mol. The Hall–Kier alpha value is -2.04. The average Bonchev–Trinajstić information content (AvgIpc) is 2.40. The van der Waals surface area contributed by atoms with Crippen LogP contribution in [-0.2, 0) is 0 Å². The molecule has 0 fully saturated rings. The Balaban J connectivity index is 2.42. The number of hydrogen-bond acceptors (Lipinski definition) is 0. The predicted molar refractivity (Wildman–Crippen MR) is 74.6 cm³/mol. The molecule has 0 heterocycles. The molecule has 2 rings (SSSR count). The van der Waals surface area contributed by atoms with Gasteiger partial charge in [0.2, 0.25) is 0 Å². The fraction of sp³-hybridized carbons (Fsp3) is 0.118. The summed E-state index contributed by atoms with van der Waals surface area (Å²) in [6.07, 6.45) is 0. The zero-order chi connectivity index (χ0) is 12.1. The molecule has 0 radical (unpaired) electrons.